The van der Waals surface area contributed by atoms with E-state index in [4.69, 9.17) is 4.74 Å². The zero-order valence-electron chi connectivity index (χ0n) is 8.19. The van der Waals surface area contributed by atoms with Crippen LogP contribution >= 0.6 is 12.4 Å². The lowest BCUT2D eigenvalue weighted by Gasteiger charge is -2.23. The Labute approximate surface area is 90.3 Å². The third kappa shape index (κ3) is 2.67. The minimum atomic E-state index is 0. The van der Waals surface area contributed by atoms with Crippen molar-refractivity contribution in [2.75, 3.05) is 19.7 Å². The monoisotopic (exact) mass is 214 g/mol. The Morgan fingerprint density at radius 2 is 2.43 bits per heavy atom. The van der Waals surface area contributed by atoms with Crippen LogP contribution in [-0.2, 0) is 4.74 Å². The van der Waals surface area contributed by atoms with Crippen molar-refractivity contribution in [3.63, 3.8) is 0 Å². The van der Waals surface area contributed by atoms with E-state index < -0.39 is 0 Å². The van der Waals surface area contributed by atoms with Gasteiger partial charge in [-0.05, 0) is 24.6 Å². The molecule has 0 aromatic carbocycles. The molecule has 3 nitrogen and oxygen atoms in total. The first-order valence-corrected chi connectivity index (χ1v) is 4.61. The van der Waals surface area contributed by atoms with Crippen molar-refractivity contribution in [1.82, 2.24) is 10.3 Å². The summed E-state index contributed by atoms with van der Waals surface area (Å²) in [5.41, 5.74) is 2.27. The summed E-state index contributed by atoms with van der Waals surface area (Å²) in [6, 6.07) is 4.10. The van der Waals surface area contributed by atoms with Crippen molar-refractivity contribution in [2.24, 2.45) is 0 Å². The summed E-state index contributed by atoms with van der Waals surface area (Å²) in [7, 11) is 0. The minimum Gasteiger partial charge on any atom is -0.371 e. The van der Waals surface area contributed by atoms with Gasteiger partial charge in [-0.3, -0.25) is 4.98 Å². The average Bonchev–Trinajstić information content (AvgIpc) is 2.19. The number of morpholine rings is 1. The zero-order chi connectivity index (χ0) is 9.10. The molecule has 0 spiro atoms. The summed E-state index contributed by atoms with van der Waals surface area (Å²) in [6.07, 6.45) is 2.04. The number of nitrogens with zero attached hydrogens (tertiary/aromatic N) is 1. The van der Waals surface area contributed by atoms with Crippen LogP contribution in [0.15, 0.2) is 18.3 Å². The van der Waals surface area contributed by atoms with Crippen LogP contribution < -0.4 is 5.32 Å². The van der Waals surface area contributed by atoms with Gasteiger partial charge in [0.2, 0.25) is 0 Å². The third-order valence-electron chi connectivity index (χ3n) is 2.22. The fourth-order valence-electron chi connectivity index (χ4n) is 1.55. The lowest BCUT2D eigenvalue weighted by atomic mass is 10.1. The van der Waals surface area contributed by atoms with Gasteiger partial charge in [0.05, 0.1) is 12.7 Å². The average molecular weight is 215 g/mol. The lowest BCUT2D eigenvalue weighted by molar-refractivity contribution is 0.0276. The van der Waals surface area contributed by atoms with Crippen LogP contribution in [0.5, 0.6) is 0 Å². The highest BCUT2D eigenvalue weighted by Crippen LogP contribution is 2.18. The molecule has 0 amide bonds. The van der Waals surface area contributed by atoms with E-state index in [2.05, 4.69) is 16.4 Å². The van der Waals surface area contributed by atoms with Crippen LogP contribution in [0.4, 0.5) is 0 Å². The predicted molar refractivity (Wildman–Crippen MR) is 57.8 cm³/mol. The Balaban J connectivity index is 0.000000980. The maximum Gasteiger partial charge on any atom is 0.0951 e. The quantitative estimate of drug-likeness (QED) is 0.769. The van der Waals surface area contributed by atoms with Gasteiger partial charge >= 0.3 is 0 Å². The molecule has 78 valence electrons. The molecule has 1 aromatic heterocycles. The predicted octanol–water partition coefficient (Wildman–Crippen LogP) is 1.47. The first-order valence-electron chi connectivity index (χ1n) is 4.61. The molecule has 2 heterocycles. The summed E-state index contributed by atoms with van der Waals surface area (Å²) in [6.45, 7) is 4.66. The Morgan fingerprint density at radius 3 is 3.07 bits per heavy atom. The van der Waals surface area contributed by atoms with Crippen molar-refractivity contribution in [1.29, 1.82) is 0 Å². The first kappa shape index (κ1) is 11.4. The molecular weight excluding hydrogens is 200 g/mol. The van der Waals surface area contributed by atoms with Gasteiger partial charge in [0.15, 0.2) is 0 Å². The Bertz CT molecular complexity index is 287. The third-order valence-corrected chi connectivity index (χ3v) is 2.22. The molecule has 0 aliphatic carbocycles. The Morgan fingerprint density at radius 1 is 1.57 bits per heavy atom. The van der Waals surface area contributed by atoms with E-state index in [9.17, 15) is 0 Å². The SMILES string of the molecule is Cc1cc(C2CNCCO2)ccn1.Cl. The Kier molecular flexibility index (Phi) is 4.32. The maximum absolute atomic E-state index is 5.63. The van der Waals surface area contributed by atoms with E-state index in [0.29, 0.717) is 0 Å². The number of rotatable bonds is 1. The van der Waals surface area contributed by atoms with Crippen molar-refractivity contribution in [3.8, 4) is 0 Å². The number of pyridine rings is 1. The molecule has 4 heteroatoms. The smallest absolute Gasteiger partial charge is 0.0951 e. The summed E-state index contributed by atoms with van der Waals surface area (Å²) in [5.74, 6) is 0. The molecule has 0 saturated carbocycles. The van der Waals surface area contributed by atoms with E-state index >= 15 is 0 Å². The standard InChI is InChI=1S/C10H14N2O.ClH/c1-8-6-9(2-3-12-8)10-7-11-4-5-13-10;/h2-3,6,10-11H,4-5,7H2,1H3;1H. The van der Waals surface area contributed by atoms with Crippen molar-refractivity contribution >= 4 is 12.4 Å². The molecule has 1 aliphatic rings. The van der Waals surface area contributed by atoms with Gasteiger partial charge in [0.25, 0.3) is 0 Å². The molecule has 1 unspecified atom stereocenters. The summed E-state index contributed by atoms with van der Waals surface area (Å²) < 4.78 is 5.63. The number of hydrogen-bond donors (Lipinski definition) is 1. The molecule has 14 heavy (non-hydrogen) atoms. The van der Waals surface area contributed by atoms with E-state index in [1.165, 1.54) is 5.56 Å². The molecule has 1 aromatic rings. The highest BCUT2D eigenvalue weighted by molar-refractivity contribution is 5.85. The van der Waals surface area contributed by atoms with Crippen LogP contribution in [0.2, 0.25) is 0 Å². The molecule has 1 aliphatic heterocycles. The lowest BCUT2D eigenvalue weighted by Crippen LogP contribution is -2.33. The number of aryl methyl sites for hydroxylation is 1. The second-order valence-electron chi connectivity index (χ2n) is 3.29. The van der Waals surface area contributed by atoms with E-state index in [0.717, 1.165) is 25.4 Å². The van der Waals surface area contributed by atoms with Crippen LogP contribution in [0.3, 0.4) is 0 Å². The topological polar surface area (TPSA) is 34.1 Å². The molecule has 0 radical (unpaired) electrons. The molecule has 1 N–H and O–H groups in total. The second kappa shape index (κ2) is 5.29. The van der Waals surface area contributed by atoms with Gasteiger partial charge in [0.1, 0.15) is 0 Å². The van der Waals surface area contributed by atoms with E-state index in [1.807, 2.05) is 19.2 Å². The summed E-state index contributed by atoms with van der Waals surface area (Å²) >= 11 is 0. The molecular formula is C10H15ClN2O. The van der Waals surface area contributed by atoms with E-state index in [-0.39, 0.29) is 18.5 Å². The van der Waals surface area contributed by atoms with Crippen LogP contribution in [0, 0.1) is 6.92 Å². The number of nitrogens with one attached hydrogen (secondary N) is 1. The normalized spacial score (nSPS) is 21.4. The van der Waals surface area contributed by atoms with Crippen molar-refractivity contribution < 1.29 is 4.74 Å². The van der Waals surface area contributed by atoms with Gasteiger partial charge in [-0.25, -0.2) is 0 Å². The number of hydrogen-bond acceptors (Lipinski definition) is 3. The number of aromatic nitrogens is 1. The van der Waals surface area contributed by atoms with Crippen LogP contribution in [0.1, 0.15) is 17.4 Å². The van der Waals surface area contributed by atoms with Gasteiger partial charge in [0, 0.05) is 25.0 Å². The van der Waals surface area contributed by atoms with Crippen LogP contribution in [-0.4, -0.2) is 24.7 Å². The fraction of sp³-hybridized carbons (Fsp3) is 0.500. The highest BCUT2D eigenvalue weighted by atomic mass is 35.5. The van der Waals surface area contributed by atoms with Crippen molar-refractivity contribution in [3.05, 3.63) is 29.6 Å². The van der Waals surface area contributed by atoms with Gasteiger partial charge in [-0.2, -0.15) is 0 Å². The minimum absolute atomic E-state index is 0. The molecule has 1 saturated heterocycles. The molecule has 1 atom stereocenters. The van der Waals surface area contributed by atoms with Gasteiger partial charge in [-0.15, -0.1) is 12.4 Å². The maximum atomic E-state index is 5.63. The van der Waals surface area contributed by atoms with Gasteiger partial charge < -0.3 is 10.1 Å². The van der Waals surface area contributed by atoms with Crippen molar-refractivity contribution in [2.45, 2.75) is 13.0 Å². The van der Waals surface area contributed by atoms with Crippen LogP contribution in [0.25, 0.3) is 0 Å². The fourth-order valence-corrected chi connectivity index (χ4v) is 1.55. The first-order chi connectivity index (χ1) is 6.36. The largest absolute Gasteiger partial charge is 0.371 e. The second-order valence-corrected chi connectivity index (χ2v) is 3.29. The van der Waals surface area contributed by atoms with E-state index in [1.54, 1.807) is 0 Å². The highest BCUT2D eigenvalue weighted by Gasteiger charge is 2.15. The summed E-state index contributed by atoms with van der Waals surface area (Å²) in [5, 5.41) is 3.31. The zero-order valence-corrected chi connectivity index (χ0v) is 9.01. The Hall–Kier alpha value is -0.640. The van der Waals surface area contributed by atoms with Gasteiger partial charge in [-0.1, -0.05) is 0 Å². The summed E-state index contributed by atoms with van der Waals surface area (Å²) in [4.78, 5) is 4.16. The molecule has 0 bridgehead atoms. The molecule has 2 rings (SSSR count). The molecule has 1 fully saturated rings. The number of ether oxygens (including phenoxy) is 1. The number of halogens is 1.